The van der Waals surface area contributed by atoms with E-state index in [0.717, 1.165) is 16.5 Å². The normalized spacial score (nSPS) is 14.9. The summed E-state index contributed by atoms with van der Waals surface area (Å²) in [5.41, 5.74) is 2.64. The first-order valence-electron chi connectivity index (χ1n) is 11.4. The lowest BCUT2D eigenvalue weighted by Gasteiger charge is -2.36. The standard InChI is InChI=1S/C28H24FN3O4/c1-35-24-11-12-25-20(13-24)14-26(30-25)28(34)31-16-22(18-36-23-9-7-21(29)8-10-23)32(27(33)17-31)15-19-5-3-2-4-6-19/h2-14,18,30H,15-17H2,1H3/b22-18+. The molecule has 2 heterocycles. The van der Waals surface area contributed by atoms with Crippen LogP contribution < -0.4 is 9.47 Å². The van der Waals surface area contributed by atoms with Crippen molar-refractivity contribution in [3.8, 4) is 11.5 Å². The number of aromatic amines is 1. The topological polar surface area (TPSA) is 74.9 Å². The summed E-state index contributed by atoms with van der Waals surface area (Å²) in [6.07, 6.45) is 1.45. The molecule has 2 amide bonds. The maximum Gasteiger partial charge on any atom is 0.271 e. The summed E-state index contributed by atoms with van der Waals surface area (Å²) >= 11 is 0. The van der Waals surface area contributed by atoms with Gasteiger partial charge in [0, 0.05) is 10.9 Å². The lowest BCUT2D eigenvalue weighted by atomic mass is 10.1. The largest absolute Gasteiger partial charge is 0.497 e. The molecular formula is C28H24FN3O4. The minimum absolute atomic E-state index is 0.0712. The second-order valence-electron chi connectivity index (χ2n) is 8.44. The van der Waals surface area contributed by atoms with Gasteiger partial charge >= 0.3 is 0 Å². The van der Waals surface area contributed by atoms with E-state index in [4.69, 9.17) is 9.47 Å². The number of piperazine rings is 1. The Hall–Kier alpha value is -4.59. The van der Waals surface area contributed by atoms with E-state index < -0.39 is 0 Å². The molecule has 1 aliphatic heterocycles. The fraction of sp³-hybridized carbons (Fsp3) is 0.143. The molecule has 1 aromatic heterocycles. The first-order chi connectivity index (χ1) is 17.5. The van der Waals surface area contributed by atoms with Crippen LogP contribution in [-0.4, -0.2) is 46.8 Å². The first kappa shape index (κ1) is 23.2. The van der Waals surface area contributed by atoms with Crippen molar-refractivity contribution >= 4 is 22.7 Å². The molecule has 182 valence electrons. The third kappa shape index (κ3) is 4.93. The second-order valence-corrected chi connectivity index (χ2v) is 8.44. The zero-order chi connectivity index (χ0) is 25.1. The zero-order valence-corrected chi connectivity index (χ0v) is 19.6. The average Bonchev–Trinajstić information content (AvgIpc) is 3.33. The summed E-state index contributed by atoms with van der Waals surface area (Å²) in [4.78, 5) is 32.8. The van der Waals surface area contributed by atoms with Gasteiger partial charge in [-0.05, 0) is 54.1 Å². The van der Waals surface area contributed by atoms with Crippen LogP contribution >= 0.6 is 0 Å². The number of fused-ring (bicyclic) bond motifs is 1. The molecule has 7 nitrogen and oxygen atoms in total. The van der Waals surface area contributed by atoms with Crippen LogP contribution in [0.25, 0.3) is 10.9 Å². The number of H-pyrrole nitrogens is 1. The summed E-state index contributed by atoms with van der Waals surface area (Å²) in [7, 11) is 1.59. The lowest BCUT2D eigenvalue weighted by molar-refractivity contribution is -0.132. The number of carbonyl (C=O) groups is 2. The Kier molecular flexibility index (Phi) is 6.40. The summed E-state index contributed by atoms with van der Waals surface area (Å²) in [5, 5.41) is 0.835. The molecule has 4 aromatic rings. The van der Waals surface area contributed by atoms with Gasteiger partial charge < -0.3 is 24.3 Å². The molecule has 5 rings (SSSR count). The Balaban J connectivity index is 1.42. The van der Waals surface area contributed by atoms with Gasteiger partial charge in [-0.15, -0.1) is 0 Å². The van der Waals surface area contributed by atoms with E-state index >= 15 is 0 Å². The zero-order valence-electron chi connectivity index (χ0n) is 19.6. The van der Waals surface area contributed by atoms with Crippen molar-refractivity contribution in [1.29, 1.82) is 0 Å². The summed E-state index contributed by atoms with van der Waals surface area (Å²) in [6.45, 7) is 0.433. The van der Waals surface area contributed by atoms with Crippen LogP contribution in [0.15, 0.2) is 90.8 Å². The summed E-state index contributed by atoms with van der Waals surface area (Å²) < 4.78 is 24.3. The number of hydrogen-bond donors (Lipinski definition) is 1. The van der Waals surface area contributed by atoms with Crippen LogP contribution in [0.2, 0.25) is 0 Å². The van der Waals surface area contributed by atoms with Gasteiger partial charge in [0.15, 0.2) is 0 Å². The summed E-state index contributed by atoms with van der Waals surface area (Å²) in [5.74, 6) is 0.203. The first-order valence-corrected chi connectivity index (χ1v) is 11.4. The Morgan fingerprint density at radius 2 is 1.75 bits per heavy atom. The second kappa shape index (κ2) is 9.95. The Bertz CT molecular complexity index is 1430. The highest BCUT2D eigenvalue weighted by Gasteiger charge is 2.32. The lowest BCUT2D eigenvalue weighted by Crippen LogP contribution is -2.50. The third-order valence-corrected chi connectivity index (χ3v) is 6.00. The number of rotatable bonds is 6. The van der Waals surface area contributed by atoms with Crippen molar-refractivity contribution in [2.45, 2.75) is 6.54 Å². The van der Waals surface area contributed by atoms with Crippen molar-refractivity contribution in [2.24, 2.45) is 0 Å². The van der Waals surface area contributed by atoms with E-state index in [-0.39, 0.29) is 30.7 Å². The van der Waals surface area contributed by atoms with E-state index in [2.05, 4.69) is 4.98 Å². The number of carbonyl (C=O) groups excluding carboxylic acids is 2. The molecule has 3 aromatic carbocycles. The molecule has 0 aliphatic carbocycles. The number of nitrogens with one attached hydrogen (secondary N) is 1. The molecule has 8 heteroatoms. The van der Waals surface area contributed by atoms with E-state index in [1.54, 1.807) is 18.1 Å². The number of nitrogens with zero attached hydrogens (tertiary/aromatic N) is 2. The SMILES string of the molecule is COc1ccc2[nH]c(C(=O)N3CC(=O)N(Cc4ccccc4)/C(=C/Oc4ccc(F)cc4)C3)cc2c1. The molecule has 0 radical (unpaired) electrons. The Morgan fingerprint density at radius 1 is 1.00 bits per heavy atom. The molecule has 0 unspecified atom stereocenters. The van der Waals surface area contributed by atoms with Crippen molar-refractivity contribution in [1.82, 2.24) is 14.8 Å². The van der Waals surface area contributed by atoms with Crippen LogP contribution in [0, 0.1) is 5.82 Å². The minimum atomic E-state index is -0.374. The van der Waals surface area contributed by atoms with E-state index in [1.807, 2.05) is 48.5 Å². The third-order valence-electron chi connectivity index (χ3n) is 6.00. The monoisotopic (exact) mass is 485 g/mol. The number of halogens is 1. The Morgan fingerprint density at radius 3 is 2.50 bits per heavy atom. The van der Waals surface area contributed by atoms with E-state index in [0.29, 0.717) is 29.4 Å². The number of benzene rings is 3. The smallest absolute Gasteiger partial charge is 0.271 e. The van der Waals surface area contributed by atoms with Gasteiger partial charge in [-0.2, -0.15) is 0 Å². The molecule has 0 atom stereocenters. The number of methoxy groups -OCH3 is 1. The molecule has 1 aliphatic rings. The number of ether oxygens (including phenoxy) is 2. The number of hydrogen-bond acceptors (Lipinski definition) is 4. The van der Waals surface area contributed by atoms with Crippen LogP contribution in [-0.2, 0) is 11.3 Å². The van der Waals surface area contributed by atoms with E-state index in [1.165, 1.54) is 35.4 Å². The van der Waals surface area contributed by atoms with Crippen molar-refractivity contribution in [3.05, 3.63) is 108 Å². The highest BCUT2D eigenvalue weighted by Crippen LogP contribution is 2.25. The van der Waals surface area contributed by atoms with Gasteiger partial charge in [-0.25, -0.2) is 4.39 Å². The van der Waals surface area contributed by atoms with Crippen LogP contribution in [0.1, 0.15) is 16.1 Å². The highest BCUT2D eigenvalue weighted by atomic mass is 19.1. The van der Waals surface area contributed by atoms with Gasteiger partial charge in [0.2, 0.25) is 5.91 Å². The minimum Gasteiger partial charge on any atom is -0.497 e. The average molecular weight is 486 g/mol. The molecule has 1 saturated heterocycles. The molecule has 1 N–H and O–H groups in total. The summed E-state index contributed by atoms with van der Waals surface area (Å²) in [6, 6.07) is 22.4. The maximum absolute atomic E-state index is 13.4. The molecular weight excluding hydrogens is 461 g/mol. The number of aromatic nitrogens is 1. The molecule has 1 fully saturated rings. The van der Waals surface area contributed by atoms with Gasteiger partial charge in [-0.3, -0.25) is 9.59 Å². The van der Waals surface area contributed by atoms with Crippen LogP contribution in [0.4, 0.5) is 4.39 Å². The van der Waals surface area contributed by atoms with Gasteiger partial charge in [0.05, 0.1) is 25.9 Å². The molecule has 0 saturated carbocycles. The van der Waals surface area contributed by atoms with Crippen LogP contribution in [0.3, 0.4) is 0 Å². The van der Waals surface area contributed by atoms with Crippen LogP contribution in [0.5, 0.6) is 11.5 Å². The van der Waals surface area contributed by atoms with Gasteiger partial charge in [0.1, 0.15) is 35.8 Å². The Labute approximate surface area is 207 Å². The predicted octanol–water partition coefficient (Wildman–Crippen LogP) is 4.72. The van der Waals surface area contributed by atoms with Crippen molar-refractivity contribution in [2.75, 3.05) is 20.2 Å². The fourth-order valence-corrected chi connectivity index (χ4v) is 4.12. The molecule has 0 spiro atoms. The highest BCUT2D eigenvalue weighted by molar-refractivity contribution is 6.00. The molecule has 0 bridgehead atoms. The number of amides is 2. The van der Waals surface area contributed by atoms with E-state index in [9.17, 15) is 14.0 Å². The van der Waals surface area contributed by atoms with Gasteiger partial charge in [-0.1, -0.05) is 30.3 Å². The quantitative estimate of drug-likeness (QED) is 0.401. The fourth-order valence-electron chi connectivity index (χ4n) is 4.12. The van der Waals surface area contributed by atoms with Crippen molar-refractivity contribution < 1.29 is 23.5 Å². The predicted molar refractivity (Wildman–Crippen MR) is 133 cm³/mol. The molecule has 36 heavy (non-hydrogen) atoms. The van der Waals surface area contributed by atoms with Crippen molar-refractivity contribution in [3.63, 3.8) is 0 Å². The van der Waals surface area contributed by atoms with Gasteiger partial charge in [0.25, 0.3) is 5.91 Å². The maximum atomic E-state index is 13.4.